The van der Waals surface area contributed by atoms with Crippen LogP contribution in [-0.4, -0.2) is 12.7 Å². The van der Waals surface area contributed by atoms with Crippen LogP contribution in [0.2, 0.25) is 0 Å². The number of fused-ring (bicyclic) bond motifs is 1. The van der Waals surface area contributed by atoms with Gasteiger partial charge in [0.15, 0.2) is 0 Å². The van der Waals surface area contributed by atoms with E-state index in [1.165, 1.54) is 5.56 Å². The minimum Gasteiger partial charge on any atom is 0 e. The maximum absolute atomic E-state index is 7.50. The van der Waals surface area contributed by atoms with Gasteiger partial charge in [-0.15, -0.1) is 0 Å². The Kier molecular flexibility index (Phi) is 34.0. The summed E-state index contributed by atoms with van der Waals surface area (Å²) >= 11 is 0. The van der Waals surface area contributed by atoms with Gasteiger partial charge in [0.25, 0.3) is 0 Å². The first-order valence-electron chi connectivity index (χ1n) is 6.13. The zero-order chi connectivity index (χ0) is 20.9. The normalized spacial score (nSPS) is 10.2. The Morgan fingerprint density at radius 2 is 1.38 bits per heavy atom. The molecule has 7 nitrogen and oxygen atoms in total. The second-order valence-electron chi connectivity index (χ2n) is 4.30. The molecule has 136 valence electrons. The van der Waals surface area contributed by atoms with Gasteiger partial charge in [-0.1, -0.05) is 18.2 Å². The first-order valence-corrected chi connectivity index (χ1v) is 6.13. The van der Waals surface area contributed by atoms with E-state index < -0.39 is 0 Å². The van der Waals surface area contributed by atoms with E-state index in [9.17, 15) is 0 Å². The van der Waals surface area contributed by atoms with E-state index in [4.69, 9.17) is 32.7 Å². The van der Waals surface area contributed by atoms with Gasteiger partial charge in [0.1, 0.15) is 11.4 Å². The first-order chi connectivity index (χ1) is 12.1. The number of ether oxygens (including phenoxy) is 2. The van der Waals surface area contributed by atoms with E-state index in [0.717, 1.165) is 11.3 Å². The molecule has 0 unspecified atom stereocenters. The standard InChI is InChI=1S/C13H16O2.5CO.Cr/c1-13(2)8-7-11-10(9-14-3)5-4-6-12(11)15-13;5*1-2;/h4-8H,9H2,1-3H3;;;;;;. The minimum atomic E-state index is -0.210. The number of hydrogen-bond acceptors (Lipinski definition) is 2. The average molecular weight is 396 g/mol. The SMILES string of the molecule is COCc1cccc2c1C=CC(C)(C)O2.[C-]#[O+].[C-]#[O+].[C-]#[O+].[C-]#[O+].[C-]#[O+].[Cr]. The summed E-state index contributed by atoms with van der Waals surface area (Å²) in [5.74, 6) is 0.942. The third-order valence-electron chi connectivity index (χ3n) is 2.48. The van der Waals surface area contributed by atoms with Crippen molar-refractivity contribution in [3.63, 3.8) is 0 Å². The van der Waals surface area contributed by atoms with Crippen molar-refractivity contribution in [1.82, 2.24) is 0 Å². The largest absolute Gasteiger partial charge is 0 e. The molecule has 0 aliphatic carbocycles. The Morgan fingerprint density at radius 3 is 1.81 bits per heavy atom. The second kappa shape index (κ2) is 25.2. The van der Waals surface area contributed by atoms with Gasteiger partial charge in [0.2, 0.25) is 0 Å². The van der Waals surface area contributed by atoms with Gasteiger partial charge in [-0.05, 0) is 31.6 Å². The predicted molar refractivity (Wildman–Crippen MR) is 80.5 cm³/mol. The molecule has 8 heteroatoms. The van der Waals surface area contributed by atoms with E-state index in [1.54, 1.807) is 7.11 Å². The summed E-state index contributed by atoms with van der Waals surface area (Å²) in [5, 5.41) is 0. The van der Waals surface area contributed by atoms with Crippen LogP contribution in [0.4, 0.5) is 0 Å². The van der Waals surface area contributed by atoms with E-state index in [1.807, 2.05) is 12.1 Å². The Hall–Kier alpha value is -2.05. The number of hydrogen-bond donors (Lipinski definition) is 0. The topological polar surface area (TPSA) is 118 Å². The quantitative estimate of drug-likeness (QED) is 0.564. The summed E-state index contributed by atoms with van der Waals surface area (Å²) in [6.07, 6.45) is 4.20. The molecule has 0 bridgehead atoms. The number of rotatable bonds is 2. The molecule has 1 aromatic rings. The molecular weight excluding hydrogens is 380 g/mol. The van der Waals surface area contributed by atoms with Gasteiger partial charge < -0.3 is 9.47 Å². The van der Waals surface area contributed by atoms with Gasteiger partial charge in [-0.25, -0.2) is 0 Å². The van der Waals surface area contributed by atoms with Crippen LogP contribution < -0.4 is 4.74 Å². The fourth-order valence-electron chi connectivity index (χ4n) is 1.75. The minimum absolute atomic E-state index is 0. The summed E-state index contributed by atoms with van der Waals surface area (Å²) in [7, 11) is 1.71. The smallest absolute Gasteiger partial charge is 0 e. The van der Waals surface area contributed by atoms with Crippen LogP contribution >= 0.6 is 0 Å². The molecule has 0 aromatic heterocycles. The first kappa shape index (κ1) is 35.1. The summed E-state index contributed by atoms with van der Waals surface area (Å²) in [5.41, 5.74) is 2.10. The van der Waals surface area contributed by atoms with Gasteiger partial charge in [0.05, 0.1) is 6.61 Å². The molecule has 0 saturated heterocycles. The van der Waals surface area contributed by atoms with Crippen LogP contribution in [0.25, 0.3) is 6.08 Å². The summed E-state index contributed by atoms with van der Waals surface area (Å²) in [6, 6.07) is 6.07. The average Bonchev–Trinajstić information content (AvgIpc) is 2.69. The van der Waals surface area contributed by atoms with Gasteiger partial charge >= 0.3 is 56.5 Å². The Labute approximate surface area is 164 Å². The molecule has 1 aliphatic heterocycles. The number of benzene rings is 1. The summed E-state index contributed by atoms with van der Waals surface area (Å²) < 4.78 is 48.5. The fraction of sp³-hybridized carbons (Fsp3) is 0.278. The molecule has 1 heterocycles. The monoisotopic (exact) mass is 396 g/mol. The van der Waals surface area contributed by atoms with Crippen molar-refractivity contribution in [2.45, 2.75) is 26.1 Å². The molecule has 0 N–H and O–H groups in total. The fourth-order valence-corrected chi connectivity index (χ4v) is 1.75. The van der Waals surface area contributed by atoms with Crippen molar-refractivity contribution < 1.29 is 50.1 Å². The molecule has 0 spiro atoms. The van der Waals surface area contributed by atoms with Crippen LogP contribution in [0.15, 0.2) is 24.3 Å². The van der Waals surface area contributed by atoms with Crippen LogP contribution in [0, 0.1) is 33.3 Å². The third kappa shape index (κ3) is 14.3. The second-order valence-corrected chi connectivity index (χ2v) is 4.30. The maximum atomic E-state index is 7.50. The van der Waals surface area contributed by atoms with Crippen molar-refractivity contribution in [2.75, 3.05) is 7.11 Å². The van der Waals surface area contributed by atoms with Crippen LogP contribution in [-0.2, 0) is 52.0 Å². The molecule has 0 saturated carbocycles. The zero-order valence-electron chi connectivity index (χ0n) is 14.4. The molecule has 0 amide bonds. The van der Waals surface area contributed by atoms with E-state index in [2.05, 4.69) is 65.3 Å². The number of methoxy groups -OCH3 is 1. The predicted octanol–water partition coefficient (Wildman–Crippen LogP) is 2.83. The molecule has 2 rings (SSSR count). The van der Waals surface area contributed by atoms with Gasteiger partial charge in [-0.2, -0.15) is 0 Å². The zero-order valence-corrected chi connectivity index (χ0v) is 15.6. The molecule has 26 heavy (non-hydrogen) atoms. The molecular formula is C18H16CrO7. The van der Waals surface area contributed by atoms with Gasteiger partial charge in [-0.3, -0.25) is 0 Å². The van der Waals surface area contributed by atoms with E-state index in [0.29, 0.717) is 6.61 Å². The molecule has 0 fully saturated rings. The van der Waals surface area contributed by atoms with Crippen LogP contribution in [0.5, 0.6) is 5.75 Å². The van der Waals surface area contributed by atoms with Crippen molar-refractivity contribution in [3.8, 4) is 5.75 Å². The van der Waals surface area contributed by atoms with Gasteiger partial charge in [0, 0.05) is 30.0 Å². The molecule has 1 aromatic carbocycles. The van der Waals surface area contributed by atoms with Crippen molar-refractivity contribution >= 4 is 6.08 Å². The third-order valence-corrected chi connectivity index (χ3v) is 2.48. The Balaban J connectivity index is -0.000000116. The van der Waals surface area contributed by atoms with Crippen molar-refractivity contribution in [1.29, 1.82) is 0 Å². The van der Waals surface area contributed by atoms with Crippen LogP contribution in [0.1, 0.15) is 25.0 Å². The van der Waals surface area contributed by atoms with Crippen LogP contribution in [0.3, 0.4) is 0 Å². The van der Waals surface area contributed by atoms with E-state index >= 15 is 0 Å². The van der Waals surface area contributed by atoms with Crippen molar-refractivity contribution in [3.05, 3.63) is 68.7 Å². The summed E-state index contributed by atoms with van der Waals surface area (Å²) in [6.45, 7) is 27.2. The maximum Gasteiger partial charge on any atom is 0 e. The van der Waals surface area contributed by atoms with Crippen molar-refractivity contribution in [2.24, 2.45) is 0 Å². The summed E-state index contributed by atoms with van der Waals surface area (Å²) in [4.78, 5) is 0. The Morgan fingerprint density at radius 1 is 0.923 bits per heavy atom. The molecule has 0 atom stereocenters. The molecule has 0 radical (unpaired) electrons. The Bertz CT molecular complexity index is 561. The molecule has 1 aliphatic rings. The van der Waals surface area contributed by atoms with E-state index in [-0.39, 0.29) is 23.0 Å².